The first-order valence-corrected chi connectivity index (χ1v) is 7.24. The Kier molecular flexibility index (Phi) is 4.96. The quantitative estimate of drug-likeness (QED) is 0.774. The van der Waals surface area contributed by atoms with E-state index in [0.29, 0.717) is 6.04 Å². The molecule has 0 aromatic carbocycles. The molecule has 19 heavy (non-hydrogen) atoms. The summed E-state index contributed by atoms with van der Waals surface area (Å²) in [7, 11) is 1.93. The summed E-state index contributed by atoms with van der Waals surface area (Å²) in [6.45, 7) is 3.20. The van der Waals surface area contributed by atoms with E-state index in [-0.39, 0.29) is 18.7 Å². The summed E-state index contributed by atoms with van der Waals surface area (Å²) < 4.78 is 1.83. The lowest BCUT2D eigenvalue weighted by Gasteiger charge is -2.43. The van der Waals surface area contributed by atoms with Gasteiger partial charge >= 0.3 is 0 Å². The molecule has 1 saturated carbocycles. The number of rotatable bonds is 7. The van der Waals surface area contributed by atoms with Gasteiger partial charge in [0, 0.05) is 44.0 Å². The molecular formula is C14H26N4O. The fourth-order valence-electron chi connectivity index (χ4n) is 2.91. The van der Waals surface area contributed by atoms with Crippen molar-refractivity contribution in [2.75, 3.05) is 13.2 Å². The first-order valence-electron chi connectivity index (χ1n) is 7.24. The standard InChI is InChI=1S/C14H26N4O/c1-11(15)14(12-9-16-17(2)10-12)18(7-4-8-19)13-5-3-6-13/h9-11,13-14,19H,3-8,15H2,1-2H3. The number of nitrogens with zero attached hydrogens (tertiary/aromatic N) is 3. The molecule has 2 rings (SSSR count). The predicted octanol–water partition coefficient (Wildman–Crippen LogP) is 1.05. The van der Waals surface area contributed by atoms with Crippen molar-refractivity contribution in [2.24, 2.45) is 12.8 Å². The number of aryl methyl sites for hydroxylation is 1. The Bertz CT molecular complexity index is 387. The van der Waals surface area contributed by atoms with E-state index in [1.165, 1.54) is 24.8 Å². The highest BCUT2D eigenvalue weighted by atomic mass is 16.3. The van der Waals surface area contributed by atoms with Crippen LogP contribution in [0.4, 0.5) is 0 Å². The van der Waals surface area contributed by atoms with E-state index in [1.54, 1.807) is 0 Å². The highest BCUT2D eigenvalue weighted by Crippen LogP contribution is 2.33. The monoisotopic (exact) mass is 266 g/mol. The summed E-state index contributed by atoms with van der Waals surface area (Å²) in [5.41, 5.74) is 7.41. The van der Waals surface area contributed by atoms with Gasteiger partial charge in [-0.05, 0) is 26.2 Å². The van der Waals surface area contributed by atoms with Gasteiger partial charge in [0.25, 0.3) is 0 Å². The first-order chi connectivity index (χ1) is 9.13. The summed E-state index contributed by atoms with van der Waals surface area (Å²) in [5.74, 6) is 0. The molecule has 1 aliphatic carbocycles. The largest absolute Gasteiger partial charge is 0.396 e. The summed E-state index contributed by atoms with van der Waals surface area (Å²) in [6, 6.07) is 0.872. The molecule has 2 atom stereocenters. The van der Waals surface area contributed by atoms with E-state index in [4.69, 9.17) is 10.8 Å². The Labute approximate surface area is 115 Å². The van der Waals surface area contributed by atoms with Crippen LogP contribution in [0.5, 0.6) is 0 Å². The fourth-order valence-corrected chi connectivity index (χ4v) is 2.91. The minimum atomic E-state index is 0.0588. The van der Waals surface area contributed by atoms with Gasteiger partial charge in [0.2, 0.25) is 0 Å². The predicted molar refractivity (Wildman–Crippen MR) is 75.6 cm³/mol. The molecule has 0 bridgehead atoms. The van der Waals surface area contributed by atoms with Gasteiger partial charge in [0.1, 0.15) is 0 Å². The highest BCUT2D eigenvalue weighted by Gasteiger charge is 2.33. The average Bonchev–Trinajstić information content (AvgIpc) is 2.69. The number of nitrogens with two attached hydrogens (primary N) is 1. The lowest BCUT2D eigenvalue weighted by Crippen LogP contribution is -2.48. The zero-order valence-corrected chi connectivity index (χ0v) is 12.0. The van der Waals surface area contributed by atoms with Gasteiger partial charge in [-0.2, -0.15) is 5.10 Å². The molecule has 0 radical (unpaired) electrons. The van der Waals surface area contributed by atoms with Crippen LogP contribution in [0.1, 0.15) is 44.2 Å². The lowest BCUT2D eigenvalue weighted by atomic mass is 9.88. The van der Waals surface area contributed by atoms with E-state index >= 15 is 0 Å². The molecule has 1 fully saturated rings. The van der Waals surface area contributed by atoms with E-state index in [9.17, 15) is 0 Å². The van der Waals surface area contributed by atoms with Crippen LogP contribution in [-0.4, -0.2) is 45.0 Å². The Morgan fingerprint density at radius 2 is 2.32 bits per heavy atom. The van der Waals surface area contributed by atoms with Crippen molar-refractivity contribution in [3.8, 4) is 0 Å². The Hall–Kier alpha value is -0.910. The molecule has 5 heteroatoms. The summed E-state index contributed by atoms with van der Waals surface area (Å²) >= 11 is 0. The number of aliphatic hydroxyl groups excluding tert-OH is 1. The molecule has 0 saturated heterocycles. The topological polar surface area (TPSA) is 67.3 Å². The van der Waals surface area contributed by atoms with E-state index in [0.717, 1.165) is 13.0 Å². The Morgan fingerprint density at radius 1 is 1.58 bits per heavy atom. The molecule has 0 amide bonds. The smallest absolute Gasteiger partial charge is 0.0538 e. The van der Waals surface area contributed by atoms with Gasteiger partial charge in [0.05, 0.1) is 12.2 Å². The van der Waals surface area contributed by atoms with Crippen molar-refractivity contribution in [1.82, 2.24) is 14.7 Å². The minimum Gasteiger partial charge on any atom is -0.396 e. The first kappa shape index (κ1) is 14.5. The molecule has 3 N–H and O–H groups in total. The third-order valence-electron chi connectivity index (χ3n) is 4.04. The SMILES string of the molecule is CC(N)C(c1cnn(C)c1)N(CCCO)C1CCC1. The minimum absolute atomic E-state index is 0.0588. The van der Waals surface area contributed by atoms with Crippen molar-refractivity contribution >= 4 is 0 Å². The number of aromatic nitrogens is 2. The lowest BCUT2D eigenvalue weighted by molar-refractivity contribution is 0.0612. The van der Waals surface area contributed by atoms with Gasteiger partial charge < -0.3 is 10.8 Å². The van der Waals surface area contributed by atoms with Crippen LogP contribution in [-0.2, 0) is 7.05 Å². The van der Waals surface area contributed by atoms with Crippen LogP contribution < -0.4 is 5.73 Å². The van der Waals surface area contributed by atoms with E-state index in [2.05, 4.69) is 23.1 Å². The van der Waals surface area contributed by atoms with Gasteiger partial charge in [-0.25, -0.2) is 0 Å². The zero-order valence-electron chi connectivity index (χ0n) is 12.0. The van der Waals surface area contributed by atoms with E-state index in [1.807, 2.05) is 17.9 Å². The normalized spacial score (nSPS) is 19.4. The highest BCUT2D eigenvalue weighted by molar-refractivity contribution is 5.14. The molecule has 0 aliphatic heterocycles. The molecule has 1 aliphatic rings. The molecule has 1 heterocycles. The summed E-state index contributed by atoms with van der Waals surface area (Å²) in [5, 5.41) is 13.4. The summed E-state index contributed by atoms with van der Waals surface area (Å²) in [6.07, 6.45) is 8.57. The van der Waals surface area contributed by atoms with Crippen LogP contribution in [0, 0.1) is 0 Å². The van der Waals surface area contributed by atoms with Gasteiger partial charge in [0.15, 0.2) is 0 Å². The molecule has 2 unspecified atom stereocenters. The van der Waals surface area contributed by atoms with Crippen molar-refractivity contribution < 1.29 is 5.11 Å². The second-order valence-corrected chi connectivity index (χ2v) is 5.65. The molecule has 1 aromatic heterocycles. The molecule has 1 aromatic rings. The Balaban J connectivity index is 2.17. The molecule has 108 valence electrons. The second kappa shape index (κ2) is 6.50. The fraction of sp³-hybridized carbons (Fsp3) is 0.786. The number of hydrogen-bond donors (Lipinski definition) is 2. The van der Waals surface area contributed by atoms with Crippen molar-refractivity contribution in [2.45, 2.75) is 50.7 Å². The summed E-state index contributed by atoms with van der Waals surface area (Å²) in [4.78, 5) is 2.47. The van der Waals surface area contributed by atoms with Crippen LogP contribution in [0.15, 0.2) is 12.4 Å². The zero-order chi connectivity index (χ0) is 13.8. The molecule has 5 nitrogen and oxygen atoms in total. The van der Waals surface area contributed by atoms with Crippen molar-refractivity contribution in [3.63, 3.8) is 0 Å². The third-order valence-corrected chi connectivity index (χ3v) is 4.04. The molecule has 0 spiro atoms. The molecular weight excluding hydrogens is 240 g/mol. The van der Waals surface area contributed by atoms with Crippen LogP contribution in [0.2, 0.25) is 0 Å². The maximum atomic E-state index is 9.11. The maximum Gasteiger partial charge on any atom is 0.0538 e. The Morgan fingerprint density at radius 3 is 2.74 bits per heavy atom. The van der Waals surface area contributed by atoms with Gasteiger partial charge in [-0.3, -0.25) is 9.58 Å². The number of hydrogen-bond acceptors (Lipinski definition) is 4. The number of aliphatic hydroxyl groups is 1. The maximum absolute atomic E-state index is 9.11. The van der Waals surface area contributed by atoms with Crippen LogP contribution in [0.25, 0.3) is 0 Å². The van der Waals surface area contributed by atoms with Crippen LogP contribution in [0.3, 0.4) is 0 Å². The third kappa shape index (κ3) is 3.35. The average molecular weight is 266 g/mol. The van der Waals surface area contributed by atoms with Gasteiger partial charge in [-0.1, -0.05) is 6.42 Å². The van der Waals surface area contributed by atoms with E-state index < -0.39 is 0 Å². The van der Waals surface area contributed by atoms with Crippen molar-refractivity contribution in [3.05, 3.63) is 18.0 Å². The second-order valence-electron chi connectivity index (χ2n) is 5.65. The van der Waals surface area contributed by atoms with Crippen molar-refractivity contribution in [1.29, 1.82) is 0 Å². The van der Waals surface area contributed by atoms with Gasteiger partial charge in [-0.15, -0.1) is 0 Å². The van der Waals surface area contributed by atoms with Crippen LogP contribution >= 0.6 is 0 Å².